The fourth-order valence-electron chi connectivity index (χ4n) is 4.94. The zero-order valence-corrected chi connectivity index (χ0v) is 26.5. The largest absolute Gasteiger partial charge is 0.457 e. The minimum atomic E-state index is -4.64. The summed E-state index contributed by atoms with van der Waals surface area (Å²) in [5.41, 5.74) is 5.37. The van der Waals surface area contributed by atoms with Crippen LogP contribution in [0.25, 0.3) is 5.70 Å². The van der Waals surface area contributed by atoms with Crippen LogP contribution in [0.15, 0.2) is 82.7 Å². The van der Waals surface area contributed by atoms with Crippen LogP contribution in [0.2, 0.25) is 0 Å². The molecule has 2 aromatic rings. The van der Waals surface area contributed by atoms with Crippen molar-refractivity contribution in [3.63, 3.8) is 0 Å². The monoisotopic (exact) mass is 641 g/mol. The number of rotatable bonds is 6. The van der Waals surface area contributed by atoms with E-state index in [4.69, 9.17) is 10.5 Å². The highest BCUT2D eigenvalue weighted by Crippen LogP contribution is 2.50. The van der Waals surface area contributed by atoms with E-state index in [1.54, 1.807) is 44.2 Å². The summed E-state index contributed by atoms with van der Waals surface area (Å²) >= 11 is 0. The van der Waals surface area contributed by atoms with E-state index in [9.17, 15) is 27.2 Å². The van der Waals surface area contributed by atoms with E-state index in [0.717, 1.165) is 13.0 Å². The average Bonchev–Trinajstić information content (AvgIpc) is 3.48. The van der Waals surface area contributed by atoms with Gasteiger partial charge in [-0.2, -0.15) is 13.2 Å². The van der Waals surface area contributed by atoms with E-state index in [1.807, 2.05) is 0 Å². The highest BCUT2D eigenvalue weighted by atomic mass is 19.4. The summed E-state index contributed by atoms with van der Waals surface area (Å²) in [5, 5.41) is 9.18. The molecule has 1 saturated heterocycles. The van der Waals surface area contributed by atoms with Crippen LogP contribution in [-0.4, -0.2) is 55.0 Å². The first-order chi connectivity index (χ1) is 21.6. The van der Waals surface area contributed by atoms with E-state index < -0.39 is 34.9 Å². The lowest BCUT2D eigenvalue weighted by Gasteiger charge is -2.39. The quantitative estimate of drug-likeness (QED) is 0.119. The van der Waals surface area contributed by atoms with Gasteiger partial charge in [-0.05, 0) is 71.1 Å². The van der Waals surface area contributed by atoms with E-state index in [1.165, 1.54) is 51.1 Å². The molecule has 0 aliphatic carbocycles. The van der Waals surface area contributed by atoms with Gasteiger partial charge in [0, 0.05) is 28.3 Å². The number of ether oxygens (including phenoxy) is 1. The number of nitrogens with two attached hydrogens (primary N) is 1. The standard InChI is InChI=1S/C29H28F4N4O3.C5H11N/c1-16-21(12-13-24(34)19-10-11-20(15-38)23(30)14-19)26(22-8-6-7-9-25(22)40-16)28(4,5)27(39)35-18(3)37-36-17(2)29(31,32)33;1-6-4-2-3-5-6/h6-15,26H,1,34H2,2-5H3,(H,35,37,39);2-5H2,1H3/b21-12+,24-13-,36-17+;. The lowest BCUT2D eigenvalue weighted by atomic mass is 9.68. The van der Waals surface area contributed by atoms with E-state index in [2.05, 4.69) is 34.0 Å². The molecule has 1 amide bonds. The lowest BCUT2D eigenvalue weighted by molar-refractivity contribution is -0.128. The van der Waals surface area contributed by atoms with Gasteiger partial charge in [0.15, 0.2) is 6.29 Å². The molecule has 4 rings (SSSR count). The van der Waals surface area contributed by atoms with Crippen molar-refractivity contribution >= 4 is 29.4 Å². The third-order valence-corrected chi connectivity index (χ3v) is 7.69. The summed E-state index contributed by atoms with van der Waals surface area (Å²) < 4.78 is 58.3. The number of aldehydes is 1. The molecule has 2 aliphatic rings. The number of carbonyl (C=O) groups excluding carboxylic acids is 2. The number of carbonyl (C=O) groups is 2. The molecule has 46 heavy (non-hydrogen) atoms. The Balaban J connectivity index is 0.000000858. The molecule has 0 aromatic heterocycles. The first-order valence-electron chi connectivity index (χ1n) is 14.6. The minimum Gasteiger partial charge on any atom is -0.457 e. The maximum absolute atomic E-state index is 14.1. The van der Waals surface area contributed by atoms with Gasteiger partial charge in [-0.3, -0.25) is 9.59 Å². The Morgan fingerprint density at radius 2 is 1.76 bits per heavy atom. The number of hydrogen-bond donors (Lipinski definition) is 2. The first-order valence-corrected chi connectivity index (χ1v) is 14.6. The number of allylic oxidation sites excluding steroid dienone is 3. The first kappa shape index (κ1) is 35.9. The normalized spacial score (nSPS) is 18.8. The van der Waals surface area contributed by atoms with Crippen LogP contribution in [0, 0.1) is 11.2 Å². The van der Waals surface area contributed by atoms with E-state index >= 15 is 0 Å². The number of nitrogens with one attached hydrogen (secondary N) is 1. The Labute approximate surface area is 266 Å². The van der Waals surface area contributed by atoms with Crippen LogP contribution >= 0.6 is 0 Å². The van der Waals surface area contributed by atoms with Crippen molar-refractivity contribution in [1.82, 2.24) is 10.2 Å². The van der Waals surface area contributed by atoms with Crippen molar-refractivity contribution in [3.05, 3.63) is 95.0 Å². The fourth-order valence-corrected chi connectivity index (χ4v) is 4.94. The van der Waals surface area contributed by atoms with Gasteiger partial charge in [-0.25, -0.2) is 4.39 Å². The number of likely N-dealkylation sites (tertiary alicyclic amines) is 1. The molecule has 12 heteroatoms. The Kier molecular flexibility index (Phi) is 11.8. The molecule has 0 radical (unpaired) electrons. The number of fused-ring (bicyclic) bond motifs is 1. The number of benzene rings is 2. The van der Waals surface area contributed by atoms with Gasteiger partial charge in [0.25, 0.3) is 0 Å². The number of amides is 1. The van der Waals surface area contributed by atoms with E-state index in [-0.39, 0.29) is 22.9 Å². The van der Waals surface area contributed by atoms with Crippen molar-refractivity contribution in [2.45, 2.75) is 52.6 Å². The predicted molar refractivity (Wildman–Crippen MR) is 172 cm³/mol. The van der Waals surface area contributed by atoms with Crippen molar-refractivity contribution in [2.75, 3.05) is 20.1 Å². The van der Waals surface area contributed by atoms with Crippen molar-refractivity contribution in [2.24, 2.45) is 21.4 Å². The molecule has 0 bridgehead atoms. The second-order valence-electron chi connectivity index (χ2n) is 11.6. The van der Waals surface area contributed by atoms with Crippen molar-refractivity contribution in [3.8, 4) is 5.75 Å². The molecule has 8 nitrogen and oxygen atoms in total. The number of para-hydroxylation sites is 1. The van der Waals surface area contributed by atoms with Gasteiger partial charge in [0.05, 0.1) is 11.0 Å². The third kappa shape index (κ3) is 9.00. The summed E-state index contributed by atoms with van der Waals surface area (Å²) in [7, 11) is 2.17. The smallest absolute Gasteiger partial charge is 0.431 e. The van der Waals surface area contributed by atoms with E-state index in [0.29, 0.717) is 28.7 Å². The highest BCUT2D eigenvalue weighted by Gasteiger charge is 2.44. The SMILES string of the molecule is C=C1Oc2ccccc2C(C(C)(C)C(=O)N/C(C)=N/N=C(\C)C(F)(F)F)/C1=C/C=C(\N)c1ccc(C=O)c(F)c1.CN1CCCC1. The fraction of sp³-hybridized carbons (Fsp3) is 0.353. The number of hydrogen-bond acceptors (Lipinski definition) is 7. The number of halogens is 4. The molecule has 1 unspecified atom stereocenters. The van der Waals surface area contributed by atoms with Crippen molar-refractivity contribution < 1.29 is 31.9 Å². The van der Waals surface area contributed by atoms with Crippen LogP contribution in [-0.2, 0) is 4.79 Å². The van der Waals surface area contributed by atoms with Crippen LogP contribution in [0.5, 0.6) is 5.75 Å². The summed E-state index contributed by atoms with van der Waals surface area (Å²) in [6.07, 6.45) is 1.70. The minimum absolute atomic E-state index is 0.105. The van der Waals surface area contributed by atoms with Gasteiger partial charge in [-0.15, -0.1) is 10.2 Å². The van der Waals surface area contributed by atoms with Crippen LogP contribution in [0.3, 0.4) is 0 Å². The number of amidine groups is 1. The predicted octanol–water partition coefficient (Wildman–Crippen LogP) is 6.77. The van der Waals surface area contributed by atoms with Gasteiger partial charge < -0.3 is 20.7 Å². The molecule has 1 atom stereocenters. The molecule has 246 valence electrons. The Hall–Kier alpha value is -4.58. The molecular weight excluding hydrogens is 602 g/mol. The van der Waals surface area contributed by atoms with Gasteiger partial charge in [-0.1, -0.05) is 50.8 Å². The zero-order chi connectivity index (χ0) is 34.2. The maximum atomic E-state index is 14.1. The Morgan fingerprint density at radius 1 is 1.11 bits per heavy atom. The molecule has 0 saturated carbocycles. The second-order valence-corrected chi connectivity index (χ2v) is 11.6. The molecule has 0 spiro atoms. The maximum Gasteiger partial charge on any atom is 0.431 e. The number of nitrogens with zero attached hydrogens (tertiary/aromatic N) is 3. The van der Waals surface area contributed by atoms with Crippen LogP contribution in [0.1, 0.15) is 67.9 Å². The van der Waals surface area contributed by atoms with Crippen LogP contribution < -0.4 is 15.8 Å². The Bertz CT molecular complexity index is 1590. The summed E-state index contributed by atoms with van der Waals surface area (Å²) in [6.45, 7) is 12.1. The van der Waals surface area contributed by atoms with Gasteiger partial charge in [0.2, 0.25) is 5.91 Å². The molecule has 2 aromatic carbocycles. The lowest BCUT2D eigenvalue weighted by Crippen LogP contribution is -2.44. The average molecular weight is 642 g/mol. The van der Waals surface area contributed by atoms with Crippen LogP contribution in [0.4, 0.5) is 17.6 Å². The highest BCUT2D eigenvalue weighted by molar-refractivity contribution is 6.00. The topological polar surface area (TPSA) is 109 Å². The summed E-state index contributed by atoms with van der Waals surface area (Å²) in [6, 6.07) is 11.0. The molecule has 2 aliphatic heterocycles. The summed E-state index contributed by atoms with van der Waals surface area (Å²) in [5.74, 6) is -1.31. The Morgan fingerprint density at radius 3 is 2.33 bits per heavy atom. The molecule has 2 heterocycles. The molecular formula is C34H39F4N5O3. The van der Waals surface area contributed by atoms with Gasteiger partial charge in [0.1, 0.15) is 28.9 Å². The zero-order valence-electron chi connectivity index (χ0n) is 26.5. The summed E-state index contributed by atoms with van der Waals surface area (Å²) in [4.78, 5) is 26.8. The second kappa shape index (κ2) is 15.1. The van der Waals surface area contributed by atoms with Crippen molar-refractivity contribution in [1.29, 1.82) is 0 Å². The third-order valence-electron chi connectivity index (χ3n) is 7.69. The number of alkyl halides is 3. The molecule has 1 fully saturated rings. The van der Waals surface area contributed by atoms with Gasteiger partial charge >= 0.3 is 6.18 Å². The molecule has 3 N–H and O–H groups in total.